The van der Waals surface area contributed by atoms with Gasteiger partial charge in [-0.3, -0.25) is 4.79 Å². The van der Waals surface area contributed by atoms with Gasteiger partial charge in [-0.25, -0.2) is 8.42 Å². The molecule has 1 aliphatic rings. The normalized spacial score (nSPS) is 20.7. The summed E-state index contributed by atoms with van der Waals surface area (Å²) in [6.45, 7) is 2.79. The molecule has 1 aliphatic heterocycles. The van der Waals surface area contributed by atoms with Crippen LogP contribution in [0.2, 0.25) is 0 Å². The highest BCUT2D eigenvalue weighted by molar-refractivity contribution is 8.13. The maximum atomic E-state index is 12.5. The number of carbonyl (C=O) groups excluding carboxylic acids is 1. The Morgan fingerprint density at radius 1 is 1.45 bits per heavy atom. The van der Waals surface area contributed by atoms with Gasteiger partial charge in [-0.1, -0.05) is 19.8 Å². The number of amides is 1. The molecule has 2 rings (SSSR count). The summed E-state index contributed by atoms with van der Waals surface area (Å²) in [6.07, 6.45) is 6.43. The first-order valence-corrected chi connectivity index (χ1v) is 9.18. The summed E-state index contributed by atoms with van der Waals surface area (Å²) in [4.78, 5) is 17.0. The van der Waals surface area contributed by atoms with Crippen molar-refractivity contribution in [2.24, 2.45) is 0 Å². The van der Waals surface area contributed by atoms with Crippen LogP contribution in [-0.2, 0) is 9.05 Å². The van der Waals surface area contributed by atoms with Gasteiger partial charge in [0.2, 0.25) is 0 Å². The van der Waals surface area contributed by atoms with Gasteiger partial charge in [0, 0.05) is 29.5 Å². The predicted molar refractivity (Wildman–Crippen MR) is 77.4 cm³/mol. The van der Waals surface area contributed by atoms with Gasteiger partial charge in [0.05, 0.1) is 0 Å². The number of likely N-dealkylation sites (tertiary alicyclic amines) is 1. The third kappa shape index (κ3) is 3.35. The van der Waals surface area contributed by atoms with E-state index in [-0.39, 0.29) is 22.5 Å². The van der Waals surface area contributed by atoms with Crippen molar-refractivity contribution in [3.8, 4) is 0 Å². The molecule has 0 radical (unpaired) electrons. The molecular weight excluding hydrogens is 300 g/mol. The topological polar surface area (TPSA) is 70.2 Å². The van der Waals surface area contributed by atoms with Gasteiger partial charge in [0.15, 0.2) is 0 Å². The highest BCUT2D eigenvalue weighted by Crippen LogP contribution is 2.22. The van der Waals surface area contributed by atoms with Crippen LogP contribution in [0.3, 0.4) is 0 Å². The second-order valence-corrected chi connectivity index (χ2v) is 7.66. The maximum absolute atomic E-state index is 12.5. The number of nitrogens with zero attached hydrogens (tertiary/aromatic N) is 1. The fourth-order valence-corrected chi connectivity index (χ4v) is 3.39. The average Bonchev–Trinajstić information content (AvgIpc) is 2.77. The second-order valence-electron chi connectivity index (χ2n) is 5.10. The van der Waals surface area contributed by atoms with Crippen LogP contribution < -0.4 is 0 Å². The van der Waals surface area contributed by atoms with E-state index < -0.39 is 9.05 Å². The van der Waals surface area contributed by atoms with E-state index in [1.54, 1.807) is 0 Å². The minimum Gasteiger partial charge on any atom is -0.356 e. The summed E-state index contributed by atoms with van der Waals surface area (Å²) in [6, 6.07) is 1.53. The summed E-state index contributed by atoms with van der Waals surface area (Å²) in [5.74, 6) is -0.148. The average molecular weight is 319 g/mol. The molecule has 20 heavy (non-hydrogen) atoms. The zero-order valence-electron chi connectivity index (χ0n) is 11.4. The van der Waals surface area contributed by atoms with E-state index in [2.05, 4.69) is 11.9 Å². The molecule has 1 N–H and O–H groups in total. The number of nitrogens with one attached hydrogen (secondary N) is 1. The van der Waals surface area contributed by atoms with Gasteiger partial charge in [0.25, 0.3) is 15.0 Å². The number of aromatic nitrogens is 1. The summed E-state index contributed by atoms with van der Waals surface area (Å²) >= 11 is 0. The van der Waals surface area contributed by atoms with Crippen molar-refractivity contribution in [3.63, 3.8) is 0 Å². The largest absolute Gasteiger partial charge is 0.356 e. The second kappa shape index (κ2) is 6.18. The third-order valence-electron chi connectivity index (χ3n) is 3.78. The summed E-state index contributed by atoms with van der Waals surface area (Å²) in [5.41, 5.74) is 0.282. The van der Waals surface area contributed by atoms with Crippen molar-refractivity contribution < 1.29 is 13.2 Å². The molecule has 0 aliphatic carbocycles. The minimum atomic E-state index is -3.80. The van der Waals surface area contributed by atoms with Crippen LogP contribution in [0.15, 0.2) is 17.2 Å². The summed E-state index contributed by atoms with van der Waals surface area (Å²) in [7, 11) is 1.47. The predicted octanol–water partition coefficient (Wildman–Crippen LogP) is 2.74. The Morgan fingerprint density at radius 2 is 2.20 bits per heavy atom. The summed E-state index contributed by atoms with van der Waals surface area (Å²) in [5, 5.41) is 0. The van der Waals surface area contributed by atoms with Crippen LogP contribution >= 0.6 is 10.7 Å². The molecule has 1 amide bonds. The number of rotatable bonds is 3. The Kier molecular flexibility index (Phi) is 4.75. The Balaban J connectivity index is 2.23. The Labute approximate surface area is 123 Å². The van der Waals surface area contributed by atoms with Crippen molar-refractivity contribution in [1.29, 1.82) is 0 Å². The molecule has 1 saturated heterocycles. The number of carbonyl (C=O) groups is 1. The zero-order valence-corrected chi connectivity index (χ0v) is 13.0. The van der Waals surface area contributed by atoms with Crippen LogP contribution in [0.4, 0.5) is 0 Å². The van der Waals surface area contributed by atoms with E-state index in [9.17, 15) is 13.2 Å². The molecule has 1 fully saturated rings. The molecule has 5 nitrogen and oxygen atoms in total. The molecule has 2 heterocycles. The molecular formula is C13H19ClN2O3S. The molecule has 1 aromatic heterocycles. The first kappa shape index (κ1) is 15.4. The van der Waals surface area contributed by atoms with Crippen LogP contribution in [0.1, 0.15) is 49.5 Å². The van der Waals surface area contributed by atoms with Crippen LogP contribution in [0, 0.1) is 0 Å². The fourth-order valence-electron chi connectivity index (χ4n) is 2.66. The smallest absolute Gasteiger partial charge is 0.270 e. The lowest BCUT2D eigenvalue weighted by Gasteiger charge is -2.28. The fraction of sp³-hybridized carbons (Fsp3) is 0.615. The number of hydrogen-bond acceptors (Lipinski definition) is 3. The van der Waals surface area contributed by atoms with Crippen molar-refractivity contribution >= 4 is 25.6 Å². The van der Waals surface area contributed by atoms with Crippen LogP contribution in [-0.4, -0.2) is 36.8 Å². The number of halogens is 1. The van der Waals surface area contributed by atoms with Crippen molar-refractivity contribution in [3.05, 3.63) is 18.0 Å². The number of hydrogen-bond donors (Lipinski definition) is 1. The summed E-state index contributed by atoms with van der Waals surface area (Å²) < 4.78 is 22.5. The van der Waals surface area contributed by atoms with Gasteiger partial charge < -0.3 is 9.88 Å². The third-order valence-corrected chi connectivity index (χ3v) is 5.11. The monoisotopic (exact) mass is 318 g/mol. The number of H-pyrrole nitrogens is 1. The molecule has 112 valence electrons. The van der Waals surface area contributed by atoms with Crippen LogP contribution in [0.5, 0.6) is 0 Å². The van der Waals surface area contributed by atoms with Gasteiger partial charge in [-0.05, 0) is 25.3 Å². The SMILES string of the molecule is CCC1CCCCCN1C(=O)c1cc(S(=O)(=O)Cl)c[nH]1. The van der Waals surface area contributed by atoms with Crippen molar-refractivity contribution in [1.82, 2.24) is 9.88 Å². The van der Waals surface area contributed by atoms with Crippen LogP contribution in [0.25, 0.3) is 0 Å². The lowest BCUT2D eigenvalue weighted by Crippen LogP contribution is -2.39. The molecule has 0 spiro atoms. The number of aromatic amines is 1. The Morgan fingerprint density at radius 3 is 2.80 bits per heavy atom. The molecule has 1 atom stereocenters. The van der Waals surface area contributed by atoms with Crippen molar-refractivity contribution in [2.75, 3.05) is 6.54 Å². The van der Waals surface area contributed by atoms with E-state index in [0.29, 0.717) is 0 Å². The lowest BCUT2D eigenvalue weighted by atomic mass is 10.1. The Bertz CT molecular complexity index is 582. The lowest BCUT2D eigenvalue weighted by molar-refractivity contribution is 0.0673. The van der Waals surface area contributed by atoms with Gasteiger partial charge >= 0.3 is 0 Å². The molecule has 1 unspecified atom stereocenters. The van der Waals surface area contributed by atoms with E-state index in [1.807, 2.05) is 4.90 Å². The standard InChI is InChI=1S/C13H19ClN2O3S/c1-2-10-6-4-3-5-7-16(10)13(17)12-8-11(9-15-12)20(14,18)19/h8-10,15H,2-7H2,1H3. The molecule has 7 heteroatoms. The van der Waals surface area contributed by atoms with E-state index in [0.717, 1.165) is 38.6 Å². The van der Waals surface area contributed by atoms with Gasteiger partial charge in [0.1, 0.15) is 10.6 Å². The molecule has 1 aromatic rings. The zero-order chi connectivity index (χ0) is 14.8. The first-order valence-electron chi connectivity index (χ1n) is 6.87. The highest BCUT2D eigenvalue weighted by atomic mass is 35.7. The molecule has 0 saturated carbocycles. The molecule has 0 aromatic carbocycles. The minimum absolute atomic E-state index is 0.0645. The van der Waals surface area contributed by atoms with Gasteiger partial charge in [-0.15, -0.1) is 0 Å². The quantitative estimate of drug-likeness (QED) is 0.871. The Hall–Kier alpha value is -1.01. The van der Waals surface area contributed by atoms with E-state index >= 15 is 0 Å². The first-order chi connectivity index (χ1) is 9.43. The van der Waals surface area contributed by atoms with Gasteiger partial charge in [-0.2, -0.15) is 0 Å². The highest BCUT2D eigenvalue weighted by Gasteiger charge is 2.26. The van der Waals surface area contributed by atoms with Crippen molar-refractivity contribution in [2.45, 2.75) is 50.0 Å². The molecule has 0 bridgehead atoms. The maximum Gasteiger partial charge on any atom is 0.270 e. The van der Waals surface area contributed by atoms with E-state index in [1.165, 1.54) is 12.3 Å². The van der Waals surface area contributed by atoms with E-state index in [4.69, 9.17) is 10.7 Å².